The lowest BCUT2D eigenvalue weighted by atomic mass is 10.2. The highest BCUT2D eigenvalue weighted by Gasteiger charge is 2.10. The fourth-order valence-electron chi connectivity index (χ4n) is 1.67. The predicted octanol–water partition coefficient (Wildman–Crippen LogP) is -0.0477. The average molecular weight is 307 g/mol. The number of nitrogens with two attached hydrogens (primary N) is 1. The third-order valence-corrected chi connectivity index (χ3v) is 3.70. The number of amides is 1. The molecule has 1 heterocycles. The Labute approximate surface area is 120 Å². The van der Waals surface area contributed by atoms with E-state index >= 15 is 0 Å². The molecule has 0 saturated carbocycles. The first-order chi connectivity index (χ1) is 9.88. The first-order valence-electron chi connectivity index (χ1n) is 5.95. The number of aromatic amines is 1. The number of hydrogen-bond donors (Lipinski definition) is 3. The molecule has 0 aliphatic rings. The fourth-order valence-corrected chi connectivity index (χ4v) is 2.19. The van der Waals surface area contributed by atoms with Crippen molar-refractivity contribution in [2.75, 3.05) is 0 Å². The highest BCUT2D eigenvalue weighted by atomic mass is 32.2. The molecule has 1 aromatic carbocycles. The van der Waals surface area contributed by atoms with Gasteiger partial charge in [0.2, 0.25) is 10.0 Å². The summed E-state index contributed by atoms with van der Waals surface area (Å²) in [5.41, 5.74) is 0.223. The number of hydrogen-bond acceptors (Lipinski definition) is 4. The molecule has 1 aromatic heterocycles. The lowest BCUT2D eigenvalue weighted by Gasteiger charge is -2.05. The standard InChI is InChI=1S/C13H13N3O4S/c14-21(19,20)10-5-3-9(4-6-10)8-16-13(18)11-2-1-7-15-12(11)17/h1-7H,8H2,(H,15,17)(H,16,18)(H2,14,19,20). The molecule has 4 N–H and O–H groups in total. The molecule has 7 nitrogen and oxygen atoms in total. The summed E-state index contributed by atoms with van der Waals surface area (Å²) in [4.78, 5) is 25.7. The summed E-state index contributed by atoms with van der Waals surface area (Å²) in [7, 11) is -3.73. The molecular weight excluding hydrogens is 294 g/mol. The van der Waals surface area contributed by atoms with Gasteiger partial charge in [0.05, 0.1) is 4.90 Å². The molecule has 0 aliphatic heterocycles. The van der Waals surface area contributed by atoms with E-state index < -0.39 is 21.5 Å². The van der Waals surface area contributed by atoms with E-state index in [4.69, 9.17) is 5.14 Å². The lowest BCUT2D eigenvalue weighted by Crippen LogP contribution is -2.28. The van der Waals surface area contributed by atoms with Crippen LogP contribution in [0.4, 0.5) is 0 Å². The molecule has 0 bridgehead atoms. The first kappa shape index (κ1) is 14.9. The number of sulfonamides is 1. The van der Waals surface area contributed by atoms with Gasteiger partial charge in [-0.15, -0.1) is 0 Å². The maximum Gasteiger partial charge on any atom is 0.260 e. The SMILES string of the molecule is NS(=O)(=O)c1ccc(CNC(=O)c2ccc[nH]c2=O)cc1. The quantitative estimate of drug-likeness (QED) is 0.733. The summed E-state index contributed by atoms with van der Waals surface area (Å²) in [6.07, 6.45) is 1.44. The van der Waals surface area contributed by atoms with Crippen LogP contribution in [0.1, 0.15) is 15.9 Å². The number of primary sulfonamides is 1. The normalized spacial score (nSPS) is 11.1. The van der Waals surface area contributed by atoms with Gasteiger partial charge in [0.25, 0.3) is 11.5 Å². The van der Waals surface area contributed by atoms with Gasteiger partial charge < -0.3 is 10.3 Å². The summed E-state index contributed by atoms with van der Waals surface area (Å²) in [6, 6.07) is 8.75. The van der Waals surface area contributed by atoms with Crippen molar-refractivity contribution in [3.05, 3.63) is 64.1 Å². The Balaban J connectivity index is 2.05. The van der Waals surface area contributed by atoms with Crippen molar-refractivity contribution in [2.45, 2.75) is 11.4 Å². The highest BCUT2D eigenvalue weighted by molar-refractivity contribution is 7.89. The van der Waals surface area contributed by atoms with Gasteiger partial charge in [-0.25, -0.2) is 13.6 Å². The first-order valence-corrected chi connectivity index (χ1v) is 7.50. The molecular formula is C13H13N3O4S. The van der Waals surface area contributed by atoms with Crippen LogP contribution in [0.15, 0.2) is 52.3 Å². The van der Waals surface area contributed by atoms with Crippen molar-refractivity contribution in [1.82, 2.24) is 10.3 Å². The Kier molecular flexibility index (Phi) is 4.20. The van der Waals surface area contributed by atoms with E-state index in [-0.39, 0.29) is 17.0 Å². The van der Waals surface area contributed by atoms with Gasteiger partial charge in [-0.1, -0.05) is 12.1 Å². The number of pyridine rings is 1. The minimum Gasteiger partial charge on any atom is -0.348 e. The van der Waals surface area contributed by atoms with Crippen molar-refractivity contribution in [2.24, 2.45) is 5.14 Å². The molecule has 2 rings (SSSR count). The minimum atomic E-state index is -3.73. The van der Waals surface area contributed by atoms with E-state index in [0.717, 1.165) is 0 Å². The number of rotatable bonds is 4. The number of H-pyrrole nitrogens is 1. The molecule has 8 heteroatoms. The van der Waals surface area contributed by atoms with E-state index in [9.17, 15) is 18.0 Å². The van der Waals surface area contributed by atoms with E-state index in [1.165, 1.54) is 36.5 Å². The zero-order valence-electron chi connectivity index (χ0n) is 10.9. The van der Waals surface area contributed by atoms with E-state index in [1.54, 1.807) is 6.07 Å². The van der Waals surface area contributed by atoms with Crippen molar-refractivity contribution in [3.63, 3.8) is 0 Å². The zero-order chi connectivity index (χ0) is 15.5. The monoisotopic (exact) mass is 307 g/mol. The maximum atomic E-state index is 11.8. The minimum absolute atomic E-state index is 0.00270. The second kappa shape index (κ2) is 5.90. The molecule has 0 unspecified atom stereocenters. The molecule has 0 fully saturated rings. The molecule has 0 spiro atoms. The molecule has 0 aliphatic carbocycles. The fraction of sp³-hybridized carbons (Fsp3) is 0.0769. The van der Waals surface area contributed by atoms with Gasteiger partial charge in [-0.3, -0.25) is 9.59 Å². The van der Waals surface area contributed by atoms with Gasteiger partial charge in [0.15, 0.2) is 0 Å². The number of nitrogens with one attached hydrogen (secondary N) is 2. The van der Waals surface area contributed by atoms with Crippen LogP contribution in [-0.2, 0) is 16.6 Å². The van der Waals surface area contributed by atoms with E-state index in [0.29, 0.717) is 5.56 Å². The van der Waals surface area contributed by atoms with Crippen LogP contribution in [0.5, 0.6) is 0 Å². The van der Waals surface area contributed by atoms with Crippen LogP contribution >= 0.6 is 0 Å². The molecule has 110 valence electrons. The maximum absolute atomic E-state index is 11.8. The largest absolute Gasteiger partial charge is 0.348 e. The van der Waals surface area contributed by atoms with Gasteiger partial charge in [-0.05, 0) is 29.8 Å². The third-order valence-electron chi connectivity index (χ3n) is 2.77. The second-order valence-corrected chi connectivity index (χ2v) is 5.85. The van der Waals surface area contributed by atoms with Crippen LogP contribution in [0.3, 0.4) is 0 Å². The van der Waals surface area contributed by atoms with Crippen molar-refractivity contribution in [1.29, 1.82) is 0 Å². The highest BCUT2D eigenvalue weighted by Crippen LogP contribution is 2.08. The molecule has 0 atom stereocenters. The topological polar surface area (TPSA) is 122 Å². The van der Waals surface area contributed by atoms with E-state index in [1.807, 2.05) is 0 Å². The second-order valence-electron chi connectivity index (χ2n) is 4.28. The van der Waals surface area contributed by atoms with Gasteiger partial charge >= 0.3 is 0 Å². The summed E-state index contributed by atoms with van der Waals surface area (Å²) in [5.74, 6) is -0.507. The lowest BCUT2D eigenvalue weighted by molar-refractivity contribution is 0.0949. The summed E-state index contributed by atoms with van der Waals surface area (Å²) >= 11 is 0. The Hall–Kier alpha value is -2.45. The molecule has 0 saturated heterocycles. The average Bonchev–Trinajstić information content (AvgIpc) is 2.45. The van der Waals surface area contributed by atoms with Crippen LogP contribution in [-0.4, -0.2) is 19.3 Å². The van der Waals surface area contributed by atoms with Crippen molar-refractivity contribution >= 4 is 15.9 Å². The van der Waals surface area contributed by atoms with Crippen molar-refractivity contribution < 1.29 is 13.2 Å². The number of carbonyl (C=O) groups excluding carboxylic acids is 1. The zero-order valence-corrected chi connectivity index (χ0v) is 11.7. The number of aromatic nitrogens is 1. The van der Waals surface area contributed by atoms with Crippen LogP contribution in [0.2, 0.25) is 0 Å². The van der Waals surface area contributed by atoms with Crippen LogP contribution in [0.25, 0.3) is 0 Å². The molecule has 1 amide bonds. The Morgan fingerprint density at radius 3 is 2.43 bits per heavy atom. The van der Waals surface area contributed by atoms with Crippen LogP contribution in [0, 0.1) is 0 Å². The van der Waals surface area contributed by atoms with E-state index in [2.05, 4.69) is 10.3 Å². The van der Waals surface area contributed by atoms with Gasteiger partial charge in [0, 0.05) is 12.7 Å². The Morgan fingerprint density at radius 2 is 1.86 bits per heavy atom. The smallest absolute Gasteiger partial charge is 0.260 e. The van der Waals surface area contributed by atoms with Gasteiger partial charge in [-0.2, -0.15) is 0 Å². The number of benzene rings is 1. The van der Waals surface area contributed by atoms with Crippen LogP contribution < -0.4 is 16.0 Å². The van der Waals surface area contributed by atoms with Gasteiger partial charge in [0.1, 0.15) is 5.56 Å². The summed E-state index contributed by atoms with van der Waals surface area (Å²) in [6.45, 7) is 0.165. The molecule has 2 aromatic rings. The number of carbonyl (C=O) groups is 1. The molecule has 21 heavy (non-hydrogen) atoms. The summed E-state index contributed by atoms with van der Waals surface area (Å²) in [5, 5.41) is 7.56. The Morgan fingerprint density at radius 1 is 1.19 bits per heavy atom. The molecule has 0 radical (unpaired) electrons. The predicted molar refractivity (Wildman–Crippen MR) is 76.0 cm³/mol. The third kappa shape index (κ3) is 3.77. The van der Waals surface area contributed by atoms with Crippen molar-refractivity contribution in [3.8, 4) is 0 Å². The Bertz CT molecular complexity index is 810. The summed E-state index contributed by atoms with van der Waals surface area (Å²) < 4.78 is 22.2.